The number of amides is 1. The summed E-state index contributed by atoms with van der Waals surface area (Å²) in [4.78, 5) is 12.8. The molecule has 1 aliphatic rings. The molecular formula is C20H15NO4. The van der Waals surface area contributed by atoms with Crippen LogP contribution in [0.3, 0.4) is 0 Å². The Hall–Kier alpha value is -3.47. The maximum Gasteiger partial charge on any atom is 0.256 e. The molecule has 1 aromatic heterocycles. The molecule has 0 aliphatic carbocycles. The molecule has 5 heteroatoms. The lowest BCUT2D eigenvalue weighted by Gasteiger charge is -2.10. The minimum atomic E-state index is -0.235. The van der Waals surface area contributed by atoms with Crippen LogP contribution in [0.5, 0.6) is 11.5 Å². The van der Waals surface area contributed by atoms with Gasteiger partial charge in [-0.15, -0.1) is 0 Å². The minimum absolute atomic E-state index is 0.195. The van der Waals surface area contributed by atoms with Gasteiger partial charge in [0.25, 0.3) is 5.91 Å². The highest BCUT2D eigenvalue weighted by Crippen LogP contribution is 2.34. The standard InChI is InChI=1S/C20H15NO4/c22-20(21-15-8-9-18-19(11-15)25-13-24-18)17(12-16-7-4-10-23-16)14-5-2-1-3-6-14/h1-12H,13H2,(H,21,22)/b17-12+. The molecule has 0 saturated heterocycles. The summed E-state index contributed by atoms with van der Waals surface area (Å²) < 4.78 is 16.0. The molecular weight excluding hydrogens is 318 g/mol. The van der Waals surface area contributed by atoms with Gasteiger partial charge in [-0.1, -0.05) is 30.3 Å². The number of benzene rings is 2. The van der Waals surface area contributed by atoms with E-state index in [0.29, 0.717) is 28.5 Å². The first-order valence-electron chi connectivity index (χ1n) is 7.81. The van der Waals surface area contributed by atoms with Crippen LogP contribution in [-0.2, 0) is 4.79 Å². The van der Waals surface area contributed by atoms with Crippen molar-refractivity contribution in [3.63, 3.8) is 0 Å². The van der Waals surface area contributed by atoms with E-state index in [1.807, 2.05) is 30.3 Å². The van der Waals surface area contributed by atoms with Crippen LogP contribution in [0.4, 0.5) is 5.69 Å². The van der Waals surface area contributed by atoms with Crippen LogP contribution in [0, 0.1) is 0 Å². The van der Waals surface area contributed by atoms with E-state index in [2.05, 4.69) is 5.32 Å². The van der Waals surface area contributed by atoms with Gasteiger partial charge in [-0.3, -0.25) is 4.79 Å². The number of carbonyl (C=O) groups excluding carboxylic acids is 1. The number of carbonyl (C=O) groups is 1. The lowest BCUT2D eigenvalue weighted by molar-refractivity contribution is -0.111. The number of hydrogen-bond acceptors (Lipinski definition) is 4. The van der Waals surface area contributed by atoms with E-state index in [9.17, 15) is 4.79 Å². The number of hydrogen-bond donors (Lipinski definition) is 1. The third-order valence-corrected chi connectivity index (χ3v) is 3.79. The van der Waals surface area contributed by atoms with E-state index < -0.39 is 0 Å². The lowest BCUT2D eigenvalue weighted by atomic mass is 10.0. The molecule has 0 bridgehead atoms. The van der Waals surface area contributed by atoms with Crippen LogP contribution in [0.15, 0.2) is 71.3 Å². The van der Waals surface area contributed by atoms with Crippen LogP contribution in [0.1, 0.15) is 11.3 Å². The van der Waals surface area contributed by atoms with Crippen LogP contribution in [0.2, 0.25) is 0 Å². The summed E-state index contributed by atoms with van der Waals surface area (Å²) in [6.45, 7) is 0.195. The molecule has 124 valence electrons. The molecule has 3 aromatic rings. The average molecular weight is 333 g/mol. The second-order valence-corrected chi connectivity index (χ2v) is 5.46. The van der Waals surface area contributed by atoms with Gasteiger partial charge in [-0.25, -0.2) is 0 Å². The highest BCUT2D eigenvalue weighted by Gasteiger charge is 2.17. The fourth-order valence-corrected chi connectivity index (χ4v) is 2.59. The monoisotopic (exact) mass is 333 g/mol. The van der Waals surface area contributed by atoms with Crippen molar-refractivity contribution < 1.29 is 18.7 Å². The molecule has 2 aromatic carbocycles. The van der Waals surface area contributed by atoms with E-state index in [-0.39, 0.29) is 12.7 Å². The summed E-state index contributed by atoms with van der Waals surface area (Å²) in [5, 5.41) is 2.90. The van der Waals surface area contributed by atoms with Gasteiger partial charge in [-0.2, -0.15) is 0 Å². The van der Waals surface area contributed by atoms with Crippen molar-refractivity contribution in [2.45, 2.75) is 0 Å². The maximum absolute atomic E-state index is 12.8. The van der Waals surface area contributed by atoms with Crippen LogP contribution < -0.4 is 14.8 Å². The summed E-state index contributed by atoms with van der Waals surface area (Å²) in [5.41, 5.74) is 1.95. The van der Waals surface area contributed by atoms with Crippen LogP contribution >= 0.6 is 0 Å². The molecule has 0 atom stereocenters. The summed E-state index contributed by atoms with van der Waals surface area (Å²) in [7, 11) is 0. The predicted octanol–water partition coefficient (Wildman–Crippen LogP) is 4.19. The van der Waals surface area contributed by atoms with Gasteiger partial charge in [0.15, 0.2) is 11.5 Å². The zero-order valence-electron chi connectivity index (χ0n) is 13.3. The smallest absolute Gasteiger partial charge is 0.256 e. The first-order chi connectivity index (χ1) is 12.3. The topological polar surface area (TPSA) is 60.7 Å². The molecule has 1 amide bonds. The van der Waals surface area contributed by atoms with Crippen molar-refractivity contribution >= 4 is 23.2 Å². The van der Waals surface area contributed by atoms with Gasteiger partial charge in [0, 0.05) is 11.8 Å². The number of nitrogens with one attached hydrogen (secondary N) is 1. The number of ether oxygens (including phenoxy) is 2. The Morgan fingerprint density at radius 1 is 0.960 bits per heavy atom. The number of rotatable bonds is 4. The molecule has 0 spiro atoms. The van der Waals surface area contributed by atoms with E-state index in [0.717, 1.165) is 5.56 Å². The van der Waals surface area contributed by atoms with Crippen molar-refractivity contribution in [3.05, 3.63) is 78.3 Å². The first kappa shape index (κ1) is 15.1. The summed E-state index contributed by atoms with van der Waals surface area (Å²) in [5.74, 6) is 1.67. The Labute approximate surface area is 144 Å². The van der Waals surface area contributed by atoms with Crippen molar-refractivity contribution in [1.29, 1.82) is 0 Å². The highest BCUT2D eigenvalue weighted by atomic mass is 16.7. The van der Waals surface area contributed by atoms with Crippen molar-refractivity contribution in [2.75, 3.05) is 12.1 Å². The summed E-state index contributed by atoms with van der Waals surface area (Å²) in [6.07, 6.45) is 3.29. The summed E-state index contributed by atoms with van der Waals surface area (Å²) >= 11 is 0. The molecule has 1 aliphatic heterocycles. The second kappa shape index (κ2) is 6.57. The third-order valence-electron chi connectivity index (χ3n) is 3.79. The van der Waals surface area contributed by atoms with Gasteiger partial charge in [-0.05, 0) is 35.9 Å². The number of furan rings is 1. The summed E-state index contributed by atoms with van der Waals surface area (Å²) in [6, 6.07) is 18.3. The highest BCUT2D eigenvalue weighted by molar-refractivity contribution is 6.29. The van der Waals surface area contributed by atoms with Crippen molar-refractivity contribution in [1.82, 2.24) is 0 Å². The fourth-order valence-electron chi connectivity index (χ4n) is 2.59. The molecule has 0 saturated carbocycles. The SMILES string of the molecule is O=C(Nc1ccc2c(c1)OCO2)/C(=C/c1ccco1)c1ccccc1. The average Bonchev–Trinajstić information content (AvgIpc) is 3.31. The van der Waals surface area contributed by atoms with Crippen LogP contribution in [-0.4, -0.2) is 12.7 Å². The lowest BCUT2D eigenvalue weighted by Crippen LogP contribution is -2.13. The fraction of sp³-hybridized carbons (Fsp3) is 0.0500. The largest absolute Gasteiger partial charge is 0.465 e. The van der Waals surface area contributed by atoms with E-state index >= 15 is 0 Å². The van der Waals surface area contributed by atoms with Gasteiger partial charge in [0.2, 0.25) is 6.79 Å². The molecule has 0 radical (unpaired) electrons. The Balaban J connectivity index is 1.64. The normalized spacial score (nSPS) is 12.9. The van der Waals surface area contributed by atoms with Gasteiger partial charge in [0.1, 0.15) is 5.76 Å². The quantitative estimate of drug-likeness (QED) is 0.727. The van der Waals surface area contributed by atoms with Crippen LogP contribution in [0.25, 0.3) is 11.6 Å². The molecule has 0 unspecified atom stereocenters. The van der Waals surface area contributed by atoms with Gasteiger partial charge >= 0.3 is 0 Å². The van der Waals surface area contributed by atoms with Gasteiger partial charge in [0.05, 0.1) is 11.8 Å². The number of anilines is 1. The third kappa shape index (κ3) is 3.26. The maximum atomic E-state index is 12.8. The molecule has 1 N–H and O–H groups in total. The first-order valence-corrected chi connectivity index (χ1v) is 7.81. The van der Waals surface area contributed by atoms with Gasteiger partial charge < -0.3 is 19.2 Å². The minimum Gasteiger partial charge on any atom is -0.465 e. The Morgan fingerprint density at radius 2 is 1.80 bits per heavy atom. The molecule has 0 fully saturated rings. The van der Waals surface area contributed by atoms with E-state index in [4.69, 9.17) is 13.9 Å². The Bertz CT molecular complexity index is 914. The van der Waals surface area contributed by atoms with Crippen molar-refractivity contribution in [3.8, 4) is 11.5 Å². The zero-order valence-corrected chi connectivity index (χ0v) is 13.3. The zero-order chi connectivity index (χ0) is 17.1. The molecule has 25 heavy (non-hydrogen) atoms. The molecule has 5 nitrogen and oxygen atoms in total. The Morgan fingerprint density at radius 3 is 2.60 bits per heavy atom. The number of fused-ring (bicyclic) bond motifs is 1. The second-order valence-electron chi connectivity index (χ2n) is 5.46. The Kier molecular flexibility index (Phi) is 3.96. The van der Waals surface area contributed by atoms with E-state index in [1.54, 1.807) is 42.7 Å². The molecule has 4 rings (SSSR count). The van der Waals surface area contributed by atoms with E-state index in [1.165, 1.54) is 0 Å². The van der Waals surface area contributed by atoms with Crippen molar-refractivity contribution in [2.24, 2.45) is 0 Å². The predicted molar refractivity (Wildman–Crippen MR) is 94.2 cm³/mol. The molecule has 2 heterocycles.